The number of hydrogen-bond acceptors (Lipinski definition) is 4. The van der Waals surface area contributed by atoms with Crippen molar-refractivity contribution in [3.63, 3.8) is 0 Å². The highest BCUT2D eigenvalue weighted by molar-refractivity contribution is 5.92. The Balaban J connectivity index is 2.37. The van der Waals surface area contributed by atoms with E-state index in [2.05, 4.69) is 4.98 Å². The first-order valence-corrected chi connectivity index (χ1v) is 6.11. The van der Waals surface area contributed by atoms with Crippen LogP contribution in [0, 0.1) is 0 Å². The van der Waals surface area contributed by atoms with Crippen LogP contribution in [0.2, 0.25) is 0 Å². The van der Waals surface area contributed by atoms with E-state index in [1.807, 2.05) is 0 Å². The Hall–Kier alpha value is -1.58. The SMILES string of the molecule is CCOC(=O)c1cnc2c(c1O)CCCCC2. The second-order valence-electron chi connectivity index (χ2n) is 4.23. The van der Waals surface area contributed by atoms with Crippen LogP contribution in [-0.2, 0) is 17.6 Å². The molecule has 1 aliphatic carbocycles. The van der Waals surface area contributed by atoms with Crippen molar-refractivity contribution in [1.29, 1.82) is 0 Å². The normalized spacial score (nSPS) is 14.9. The maximum absolute atomic E-state index is 11.6. The summed E-state index contributed by atoms with van der Waals surface area (Å²) in [6.45, 7) is 2.04. The van der Waals surface area contributed by atoms with Crippen LogP contribution in [0.15, 0.2) is 6.20 Å². The zero-order valence-corrected chi connectivity index (χ0v) is 10.0. The quantitative estimate of drug-likeness (QED) is 0.630. The number of aromatic nitrogens is 1. The number of esters is 1. The number of nitrogens with zero attached hydrogens (tertiary/aromatic N) is 1. The molecule has 1 aliphatic rings. The number of ether oxygens (including phenoxy) is 1. The molecule has 1 aromatic heterocycles. The molecule has 17 heavy (non-hydrogen) atoms. The van der Waals surface area contributed by atoms with Gasteiger partial charge in [-0.15, -0.1) is 0 Å². The minimum absolute atomic E-state index is 0.0651. The number of carbonyl (C=O) groups is 1. The monoisotopic (exact) mass is 235 g/mol. The van der Waals surface area contributed by atoms with Gasteiger partial charge in [-0.2, -0.15) is 0 Å². The van der Waals surface area contributed by atoms with Crippen LogP contribution in [0.25, 0.3) is 0 Å². The molecule has 0 fully saturated rings. The Bertz CT molecular complexity index is 429. The van der Waals surface area contributed by atoms with E-state index < -0.39 is 5.97 Å². The van der Waals surface area contributed by atoms with Crippen molar-refractivity contribution in [2.24, 2.45) is 0 Å². The van der Waals surface area contributed by atoms with Gasteiger partial charge in [-0.25, -0.2) is 4.79 Å². The smallest absolute Gasteiger partial charge is 0.343 e. The van der Waals surface area contributed by atoms with Gasteiger partial charge in [0.15, 0.2) is 0 Å². The molecule has 0 spiro atoms. The molecule has 0 aromatic carbocycles. The summed E-state index contributed by atoms with van der Waals surface area (Å²) in [4.78, 5) is 15.9. The molecular weight excluding hydrogens is 218 g/mol. The fourth-order valence-electron chi connectivity index (χ4n) is 2.19. The topological polar surface area (TPSA) is 59.4 Å². The average molecular weight is 235 g/mol. The molecule has 0 saturated carbocycles. The molecule has 0 aliphatic heterocycles. The van der Waals surface area contributed by atoms with Crippen LogP contribution in [0.3, 0.4) is 0 Å². The van der Waals surface area contributed by atoms with E-state index in [0.29, 0.717) is 6.61 Å². The van der Waals surface area contributed by atoms with Crippen LogP contribution in [0.1, 0.15) is 47.8 Å². The summed E-state index contributed by atoms with van der Waals surface area (Å²) in [7, 11) is 0. The molecule has 92 valence electrons. The Morgan fingerprint density at radius 2 is 2.18 bits per heavy atom. The van der Waals surface area contributed by atoms with E-state index in [4.69, 9.17) is 4.74 Å². The lowest BCUT2D eigenvalue weighted by Gasteiger charge is -2.10. The van der Waals surface area contributed by atoms with E-state index >= 15 is 0 Å². The Kier molecular flexibility index (Phi) is 3.61. The highest BCUT2D eigenvalue weighted by atomic mass is 16.5. The number of fused-ring (bicyclic) bond motifs is 1. The van der Waals surface area contributed by atoms with Gasteiger partial charge in [0.1, 0.15) is 11.3 Å². The summed E-state index contributed by atoms with van der Waals surface area (Å²) >= 11 is 0. The van der Waals surface area contributed by atoms with Gasteiger partial charge in [0.05, 0.1) is 6.61 Å². The first-order valence-electron chi connectivity index (χ1n) is 6.11. The van der Waals surface area contributed by atoms with Crippen LogP contribution in [-0.4, -0.2) is 22.7 Å². The van der Waals surface area contributed by atoms with Gasteiger partial charge < -0.3 is 9.84 Å². The fraction of sp³-hybridized carbons (Fsp3) is 0.538. The van der Waals surface area contributed by atoms with Gasteiger partial charge in [0.2, 0.25) is 0 Å². The summed E-state index contributed by atoms with van der Waals surface area (Å²) in [5.41, 5.74) is 1.94. The van der Waals surface area contributed by atoms with Gasteiger partial charge in [-0.05, 0) is 32.6 Å². The van der Waals surface area contributed by atoms with Crippen molar-refractivity contribution in [3.8, 4) is 5.75 Å². The number of aromatic hydroxyl groups is 1. The van der Waals surface area contributed by atoms with E-state index in [1.165, 1.54) is 6.20 Å². The van der Waals surface area contributed by atoms with Crippen molar-refractivity contribution in [2.75, 3.05) is 6.61 Å². The van der Waals surface area contributed by atoms with Crippen molar-refractivity contribution < 1.29 is 14.6 Å². The van der Waals surface area contributed by atoms with Crippen LogP contribution in [0.4, 0.5) is 0 Å². The molecule has 1 N–H and O–H groups in total. The second-order valence-corrected chi connectivity index (χ2v) is 4.23. The Morgan fingerprint density at radius 1 is 1.41 bits per heavy atom. The highest BCUT2D eigenvalue weighted by Crippen LogP contribution is 2.30. The molecule has 1 aromatic rings. The molecule has 0 saturated heterocycles. The first kappa shape index (κ1) is 11.9. The van der Waals surface area contributed by atoms with Crippen molar-refractivity contribution in [1.82, 2.24) is 4.98 Å². The largest absolute Gasteiger partial charge is 0.507 e. The van der Waals surface area contributed by atoms with Crippen molar-refractivity contribution >= 4 is 5.97 Å². The number of rotatable bonds is 2. The third-order valence-corrected chi connectivity index (χ3v) is 3.07. The van der Waals surface area contributed by atoms with Crippen molar-refractivity contribution in [2.45, 2.75) is 39.0 Å². The molecule has 0 unspecified atom stereocenters. The van der Waals surface area contributed by atoms with Crippen LogP contribution in [0.5, 0.6) is 5.75 Å². The predicted octanol–water partition coefficient (Wildman–Crippen LogP) is 2.23. The van der Waals surface area contributed by atoms with Gasteiger partial charge in [0.25, 0.3) is 0 Å². The zero-order chi connectivity index (χ0) is 12.3. The maximum atomic E-state index is 11.6. The molecule has 0 amide bonds. The molecule has 4 heteroatoms. The predicted molar refractivity (Wildman–Crippen MR) is 63.1 cm³/mol. The first-order chi connectivity index (χ1) is 8.24. The van der Waals surface area contributed by atoms with Crippen LogP contribution < -0.4 is 0 Å². The van der Waals surface area contributed by atoms with Gasteiger partial charge in [-0.1, -0.05) is 6.42 Å². The lowest BCUT2D eigenvalue weighted by Crippen LogP contribution is -2.08. The van der Waals surface area contributed by atoms with Gasteiger partial charge >= 0.3 is 5.97 Å². The van der Waals surface area contributed by atoms with Crippen LogP contribution >= 0.6 is 0 Å². The number of pyridine rings is 1. The summed E-state index contributed by atoms with van der Waals surface area (Å²) in [5, 5.41) is 10.1. The lowest BCUT2D eigenvalue weighted by molar-refractivity contribution is 0.0522. The standard InChI is InChI=1S/C13H17NO3/c1-2-17-13(16)10-8-14-11-7-5-3-4-6-9(11)12(10)15/h8H,2-7H2,1H3,(H,14,15). The molecule has 0 atom stereocenters. The maximum Gasteiger partial charge on any atom is 0.343 e. The van der Waals surface area contributed by atoms with Crippen molar-refractivity contribution in [3.05, 3.63) is 23.0 Å². The minimum atomic E-state index is -0.496. The lowest BCUT2D eigenvalue weighted by atomic mass is 10.0. The molecule has 1 heterocycles. The summed E-state index contributed by atoms with van der Waals surface area (Å²) in [5.74, 6) is -0.431. The molecule has 4 nitrogen and oxygen atoms in total. The number of carbonyl (C=O) groups excluding carboxylic acids is 1. The number of aryl methyl sites for hydroxylation is 1. The molecule has 0 bridgehead atoms. The Morgan fingerprint density at radius 3 is 2.94 bits per heavy atom. The van der Waals surface area contributed by atoms with E-state index in [1.54, 1.807) is 6.92 Å². The summed E-state index contributed by atoms with van der Waals surface area (Å²) < 4.78 is 4.89. The fourth-order valence-corrected chi connectivity index (χ4v) is 2.19. The molecule has 0 radical (unpaired) electrons. The minimum Gasteiger partial charge on any atom is -0.507 e. The highest BCUT2D eigenvalue weighted by Gasteiger charge is 2.20. The average Bonchev–Trinajstić information content (AvgIpc) is 2.55. The van der Waals surface area contributed by atoms with Gasteiger partial charge in [-0.3, -0.25) is 4.98 Å². The molecular formula is C13H17NO3. The third-order valence-electron chi connectivity index (χ3n) is 3.07. The zero-order valence-electron chi connectivity index (χ0n) is 10.0. The third kappa shape index (κ3) is 2.40. The van der Waals surface area contributed by atoms with E-state index in [0.717, 1.165) is 43.4 Å². The number of hydrogen-bond donors (Lipinski definition) is 1. The molecule has 2 rings (SSSR count). The van der Waals surface area contributed by atoms with E-state index in [9.17, 15) is 9.90 Å². The van der Waals surface area contributed by atoms with Gasteiger partial charge in [0, 0.05) is 17.5 Å². The second kappa shape index (κ2) is 5.17. The summed E-state index contributed by atoms with van der Waals surface area (Å²) in [6, 6.07) is 0. The summed E-state index contributed by atoms with van der Waals surface area (Å²) in [6.07, 6.45) is 6.38. The Labute approximate surface area is 101 Å². The van der Waals surface area contributed by atoms with E-state index in [-0.39, 0.29) is 11.3 Å².